The lowest BCUT2D eigenvalue weighted by Gasteiger charge is -2.33. The van der Waals surface area contributed by atoms with Crippen LogP contribution in [0, 0.1) is 0 Å². The predicted molar refractivity (Wildman–Crippen MR) is 232 cm³/mol. The van der Waals surface area contributed by atoms with Crippen LogP contribution in [0.3, 0.4) is 0 Å². The molecule has 0 spiro atoms. The Morgan fingerprint density at radius 3 is 1.02 bits per heavy atom. The molecule has 0 unspecified atom stereocenters. The van der Waals surface area contributed by atoms with Gasteiger partial charge in [0.25, 0.3) is 0 Å². The van der Waals surface area contributed by atoms with Gasteiger partial charge in [-0.2, -0.15) is 0 Å². The highest BCUT2D eigenvalue weighted by molar-refractivity contribution is 9.10. The zero-order valence-electron chi connectivity index (χ0n) is 31.5. The van der Waals surface area contributed by atoms with Gasteiger partial charge in [-0.3, -0.25) is 0 Å². The fraction of sp³-hybridized carbons (Fsp3) is 0.160. The molecule has 0 heterocycles. The molecular formula is C50H47BrN2. The third-order valence-corrected chi connectivity index (χ3v) is 10.7. The van der Waals surface area contributed by atoms with Crippen molar-refractivity contribution in [1.29, 1.82) is 0 Å². The predicted octanol–water partition coefficient (Wildman–Crippen LogP) is 15.3. The van der Waals surface area contributed by atoms with Crippen molar-refractivity contribution in [1.82, 2.24) is 0 Å². The number of para-hydroxylation sites is 2. The second kappa shape index (κ2) is 14.9. The fourth-order valence-electron chi connectivity index (χ4n) is 6.95. The normalized spacial score (nSPS) is 11.7. The highest BCUT2D eigenvalue weighted by Gasteiger charge is 2.26. The van der Waals surface area contributed by atoms with Gasteiger partial charge in [0.05, 0.1) is 27.2 Å². The van der Waals surface area contributed by atoms with E-state index in [1.54, 1.807) is 0 Å². The minimum Gasteiger partial charge on any atom is -0.309 e. The Morgan fingerprint density at radius 2 is 0.660 bits per heavy atom. The lowest BCUT2D eigenvalue weighted by Crippen LogP contribution is -2.16. The topological polar surface area (TPSA) is 6.48 Å². The molecule has 0 bridgehead atoms. The summed E-state index contributed by atoms with van der Waals surface area (Å²) in [7, 11) is 0. The SMILES string of the molecule is CC(C)(C)c1ccc(N(c2ccccc2-c2ccccc2)c2cccc(N(c3ccc(C(C)(C)C)cc3)c3ccccc3-c3ccccc3)c2Br)cc1. The van der Waals surface area contributed by atoms with Crippen molar-refractivity contribution in [3.8, 4) is 22.3 Å². The first-order valence-corrected chi connectivity index (χ1v) is 19.2. The van der Waals surface area contributed by atoms with Crippen LogP contribution in [0.5, 0.6) is 0 Å². The number of nitrogens with zero attached hydrogens (tertiary/aromatic N) is 2. The van der Waals surface area contributed by atoms with Gasteiger partial charge in [-0.05, 0) is 97.5 Å². The summed E-state index contributed by atoms with van der Waals surface area (Å²) in [4.78, 5) is 4.79. The van der Waals surface area contributed by atoms with Crippen molar-refractivity contribution in [2.75, 3.05) is 9.80 Å². The van der Waals surface area contributed by atoms with Crippen LogP contribution in [0.2, 0.25) is 0 Å². The number of hydrogen-bond acceptors (Lipinski definition) is 2. The van der Waals surface area contributed by atoms with Crippen molar-refractivity contribution < 1.29 is 0 Å². The molecule has 0 amide bonds. The van der Waals surface area contributed by atoms with Crippen LogP contribution in [-0.2, 0) is 10.8 Å². The van der Waals surface area contributed by atoms with E-state index in [9.17, 15) is 0 Å². The number of hydrogen-bond donors (Lipinski definition) is 0. The van der Waals surface area contributed by atoms with E-state index in [0.717, 1.165) is 49.7 Å². The molecule has 0 radical (unpaired) electrons. The highest BCUT2D eigenvalue weighted by atomic mass is 79.9. The molecule has 0 saturated heterocycles. The molecule has 7 aromatic carbocycles. The van der Waals surface area contributed by atoms with Crippen molar-refractivity contribution >= 4 is 50.1 Å². The summed E-state index contributed by atoms with van der Waals surface area (Å²) in [6.07, 6.45) is 0. The summed E-state index contributed by atoms with van der Waals surface area (Å²) >= 11 is 4.24. The van der Waals surface area contributed by atoms with E-state index in [4.69, 9.17) is 0 Å². The van der Waals surface area contributed by atoms with E-state index in [0.29, 0.717) is 0 Å². The lowest BCUT2D eigenvalue weighted by molar-refractivity contribution is 0.590. The van der Waals surface area contributed by atoms with Crippen LogP contribution < -0.4 is 9.80 Å². The van der Waals surface area contributed by atoms with Gasteiger partial charge in [-0.1, -0.05) is 169 Å². The molecule has 0 aliphatic heterocycles. The van der Waals surface area contributed by atoms with Gasteiger partial charge >= 0.3 is 0 Å². The monoisotopic (exact) mass is 754 g/mol. The van der Waals surface area contributed by atoms with E-state index < -0.39 is 0 Å². The Kier molecular flexibility index (Phi) is 10.1. The summed E-state index contributed by atoms with van der Waals surface area (Å²) in [5.41, 5.74) is 13.8. The Labute approximate surface area is 324 Å². The minimum atomic E-state index is 0.0426. The second-order valence-corrected chi connectivity index (χ2v) is 16.4. The van der Waals surface area contributed by atoms with Crippen LogP contribution in [0.1, 0.15) is 52.7 Å². The molecule has 2 nitrogen and oxygen atoms in total. The molecule has 3 heteroatoms. The third kappa shape index (κ3) is 7.59. The zero-order chi connectivity index (χ0) is 37.2. The van der Waals surface area contributed by atoms with Crippen LogP contribution >= 0.6 is 15.9 Å². The molecule has 7 rings (SSSR count). The van der Waals surface area contributed by atoms with E-state index in [1.165, 1.54) is 22.3 Å². The maximum Gasteiger partial charge on any atom is 0.0656 e. The van der Waals surface area contributed by atoms with Crippen molar-refractivity contribution in [2.45, 2.75) is 52.4 Å². The highest BCUT2D eigenvalue weighted by Crippen LogP contribution is 2.50. The van der Waals surface area contributed by atoms with E-state index in [2.05, 4.69) is 243 Å². The maximum absolute atomic E-state index is 4.24. The molecule has 0 atom stereocenters. The van der Waals surface area contributed by atoms with Gasteiger partial charge in [-0.25, -0.2) is 0 Å². The van der Waals surface area contributed by atoms with Crippen molar-refractivity contribution in [3.63, 3.8) is 0 Å². The number of rotatable bonds is 8. The molecular weight excluding hydrogens is 708 g/mol. The summed E-state index contributed by atoms with van der Waals surface area (Å²) < 4.78 is 0.991. The maximum atomic E-state index is 4.24. The Bertz CT molecular complexity index is 2130. The van der Waals surface area contributed by atoms with E-state index >= 15 is 0 Å². The van der Waals surface area contributed by atoms with Gasteiger partial charge in [0.1, 0.15) is 0 Å². The first kappa shape index (κ1) is 36.0. The summed E-state index contributed by atoms with van der Waals surface area (Å²) in [5, 5.41) is 0. The van der Waals surface area contributed by atoms with Crippen LogP contribution in [-0.4, -0.2) is 0 Å². The average Bonchev–Trinajstić information content (AvgIpc) is 3.17. The molecule has 0 N–H and O–H groups in total. The van der Waals surface area contributed by atoms with Crippen LogP contribution in [0.25, 0.3) is 22.3 Å². The minimum absolute atomic E-state index is 0.0426. The zero-order valence-corrected chi connectivity index (χ0v) is 33.1. The number of benzene rings is 7. The van der Waals surface area contributed by atoms with Gasteiger partial charge in [-0.15, -0.1) is 0 Å². The second-order valence-electron chi connectivity index (χ2n) is 15.6. The molecule has 0 aromatic heterocycles. The third-order valence-electron chi connectivity index (χ3n) is 9.88. The Hall–Kier alpha value is -5.38. The molecule has 0 aliphatic carbocycles. The molecule has 264 valence electrons. The van der Waals surface area contributed by atoms with E-state index in [-0.39, 0.29) is 10.8 Å². The van der Waals surface area contributed by atoms with Gasteiger partial charge in [0.2, 0.25) is 0 Å². The Morgan fingerprint density at radius 1 is 0.340 bits per heavy atom. The summed E-state index contributed by atoms with van der Waals surface area (Å²) in [6, 6.07) is 63.5. The van der Waals surface area contributed by atoms with Gasteiger partial charge in [0.15, 0.2) is 0 Å². The van der Waals surface area contributed by atoms with E-state index in [1.807, 2.05) is 0 Å². The summed E-state index contributed by atoms with van der Waals surface area (Å²) in [5.74, 6) is 0. The Balaban J connectivity index is 1.47. The number of halogens is 1. The van der Waals surface area contributed by atoms with Gasteiger partial charge in [0, 0.05) is 22.5 Å². The molecule has 0 aliphatic rings. The average molecular weight is 756 g/mol. The molecule has 53 heavy (non-hydrogen) atoms. The number of anilines is 6. The summed E-state index contributed by atoms with van der Waals surface area (Å²) in [6.45, 7) is 13.6. The van der Waals surface area contributed by atoms with Crippen molar-refractivity contribution in [2.24, 2.45) is 0 Å². The lowest BCUT2D eigenvalue weighted by atomic mass is 9.87. The van der Waals surface area contributed by atoms with Gasteiger partial charge < -0.3 is 9.80 Å². The first-order valence-electron chi connectivity index (χ1n) is 18.4. The standard InChI is InChI=1S/C50H47BrN2/c1-49(2,3)38-28-32-40(33-29-38)52(44-24-15-13-22-42(44)36-18-9-7-10-19-36)46-26-17-27-47(48(46)51)53(41-34-30-39(31-35-41)50(4,5)6)45-25-16-14-23-43(45)37-20-11-8-12-21-37/h7-35H,1-6H3. The largest absolute Gasteiger partial charge is 0.309 e. The van der Waals surface area contributed by atoms with Crippen molar-refractivity contribution in [3.05, 3.63) is 192 Å². The fourth-order valence-corrected chi connectivity index (χ4v) is 7.57. The van der Waals surface area contributed by atoms with Crippen LogP contribution in [0.15, 0.2) is 180 Å². The molecule has 7 aromatic rings. The molecule has 0 saturated carbocycles. The smallest absolute Gasteiger partial charge is 0.0656 e. The quantitative estimate of drug-likeness (QED) is 0.152. The van der Waals surface area contributed by atoms with Crippen LogP contribution in [0.4, 0.5) is 34.1 Å². The first-order chi connectivity index (χ1) is 25.5. The molecule has 0 fully saturated rings.